The highest BCUT2D eigenvalue weighted by Crippen LogP contribution is 2.42. The minimum atomic E-state index is -4.11. The molecule has 2 fully saturated rings. The monoisotopic (exact) mass is 645 g/mol. The van der Waals surface area contributed by atoms with E-state index in [0.29, 0.717) is 29.1 Å². The maximum absolute atomic E-state index is 14.5. The zero-order valence-electron chi connectivity index (χ0n) is 28.1. The van der Waals surface area contributed by atoms with E-state index in [2.05, 4.69) is 54.2 Å². The molecule has 46 heavy (non-hydrogen) atoms. The molecule has 0 unspecified atom stereocenters. The van der Waals surface area contributed by atoms with E-state index in [-0.39, 0.29) is 46.9 Å². The van der Waals surface area contributed by atoms with E-state index in [0.717, 1.165) is 42.5 Å². The number of rotatable bonds is 5. The Hall–Kier alpha value is -3.50. The molecular formula is C36H47N5O4S. The number of anilines is 1. The number of nitrogens with one attached hydrogen (secondary N) is 1. The smallest absolute Gasteiger partial charge is 0.264 e. The van der Waals surface area contributed by atoms with Gasteiger partial charge >= 0.3 is 0 Å². The molecule has 2 aromatic carbocycles. The number of amides is 1. The van der Waals surface area contributed by atoms with Crippen molar-refractivity contribution in [3.05, 3.63) is 65.2 Å². The van der Waals surface area contributed by atoms with Crippen LogP contribution in [0.25, 0.3) is 11.3 Å². The molecule has 1 aromatic heterocycles. The summed E-state index contributed by atoms with van der Waals surface area (Å²) in [5.41, 5.74) is 3.96. The highest BCUT2D eigenvalue weighted by molar-refractivity contribution is 7.92. The molecule has 2 aliphatic heterocycles. The van der Waals surface area contributed by atoms with Crippen LogP contribution >= 0.6 is 0 Å². The Kier molecular flexibility index (Phi) is 8.65. The van der Waals surface area contributed by atoms with Gasteiger partial charge in [0.1, 0.15) is 6.61 Å². The maximum Gasteiger partial charge on any atom is 0.264 e. The van der Waals surface area contributed by atoms with Crippen molar-refractivity contribution in [2.45, 2.75) is 103 Å². The van der Waals surface area contributed by atoms with Crippen LogP contribution in [0.1, 0.15) is 81.8 Å². The first kappa shape index (κ1) is 32.4. The third-order valence-electron chi connectivity index (χ3n) is 9.91. The summed E-state index contributed by atoms with van der Waals surface area (Å²) in [6, 6.07) is 14.2. The Morgan fingerprint density at radius 3 is 2.37 bits per heavy atom. The number of nitrogens with zero attached hydrogens (tertiary/aromatic N) is 4. The third-order valence-corrected chi connectivity index (χ3v) is 11.2. The number of benzene rings is 2. The molecule has 0 spiro atoms. The number of ether oxygens (including phenoxy) is 1. The lowest BCUT2D eigenvalue weighted by molar-refractivity contribution is -0.0187. The van der Waals surface area contributed by atoms with Gasteiger partial charge in [-0.1, -0.05) is 45.0 Å². The van der Waals surface area contributed by atoms with Crippen LogP contribution in [0.5, 0.6) is 5.88 Å². The number of carbonyl (C=O) groups is 1. The number of likely N-dealkylation sites (tertiary alicyclic amines) is 1. The lowest BCUT2D eigenvalue weighted by atomic mass is 9.81. The fourth-order valence-corrected chi connectivity index (χ4v) is 8.92. The van der Waals surface area contributed by atoms with Crippen LogP contribution in [0.2, 0.25) is 0 Å². The van der Waals surface area contributed by atoms with Gasteiger partial charge < -0.3 is 9.64 Å². The Morgan fingerprint density at radius 1 is 1.02 bits per heavy atom. The van der Waals surface area contributed by atoms with Crippen LogP contribution < -0.4 is 9.46 Å². The van der Waals surface area contributed by atoms with Crippen molar-refractivity contribution in [2.75, 3.05) is 17.9 Å². The molecule has 0 radical (unpaired) electrons. The largest absolute Gasteiger partial charge is 0.475 e. The average Bonchev–Trinajstić information content (AvgIpc) is 3.22. The average molecular weight is 646 g/mol. The predicted molar refractivity (Wildman–Crippen MR) is 180 cm³/mol. The van der Waals surface area contributed by atoms with E-state index in [1.165, 1.54) is 18.6 Å². The van der Waals surface area contributed by atoms with Crippen molar-refractivity contribution < 1.29 is 17.9 Å². The molecule has 1 saturated carbocycles. The first-order valence-corrected chi connectivity index (χ1v) is 18.0. The van der Waals surface area contributed by atoms with Crippen LogP contribution in [-0.4, -0.2) is 70.9 Å². The lowest BCUT2D eigenvalue weighted by Gasteiger charge is -2.52. The summed E-state index contributed by atoms with van der Waals surface area (Å²) < 4.78 is 36.3. The molecule has 9 nitrogen and oxygen atoms in total. The number of fused-ring (bicyclic) bond motifs is 4. The number of aryl methyl sites for hydroxylation is 2. The fourth-order valence-electron chi connectivity index (χ4n) is 7.93. The maximum atomic E-state index is 14.5. The molecule has 1 aliphatic carbocycles. The minimum Gasteiger partial charge on any atom is -0.475 e. The highest BCUT2D eigenvalue weighted by Gasteiger charge is 2.48. The van der Waals surface area contributed by atoms with Gasteiger partial charge in [0.25, 0.3) is 15.9 Å². The van der Waals surface area contributed by atoms with E-state index in [9.17, 15) is 13.2 Å². The van der Waals surface area contributed by atoms with Crippen molar-refractivity contribution in [2.24, 2.45) is 11.8 Å². The molecule has 6 rings (SSSR count). The van der Waals surface area contributed by atoms with Crippen LogP contribution in [0.15, 0.2) is 53.4 Å². The first-order valence-electron chi connectivity index (χ1n) is 16.5. The molecule has 246 valence electrons. The summed E-state index contributed by atoms with van der Waals surface area (Å²) in [4.78, 5) is 28.2. The topological polar surface area (TPSA) is 105 Å². The van der Waals surface area contributed by atoms with Crippen molar-refractivity contribution >= 4 is 21.9 Å². The molecule has 3 aromatic rings. The van der Waals surface area contributed by atoms with Gasteiger partial charge in [-0.2, -0.15) is 4.98 Å². The summed E-state index contributed by atoms with van der Waals surface area (Å²) in [6.45, 7) is 16.6. The van der Waals surface area contributed by atoms with Gasteiger partial charge in [-0.3, -0.25) is 9.69 Å². The molecule has 3 aliphatic rings. The predicted octanol–water partition coefficient (Wildman–Crippen LogP) is 6.46. The summed E-state index contributed by atoms with van der Waals surface area (Å²) in [6.07, 6.45) is 3.66. The Labute approximate surface area is 273 Å². The van der Waals surface area contributed by atoms with Crippen LogP contribution in [0, 0.1) is 25.7 Å². The van der Waals surface area contributed by atoms with E-state index >= 15 is 0 Å². The third kappa shape index (κ3) is 6.38. The van der Waals surface area contributed by atoms with E-state index < -0.39 is 10.0 Å². The highest BCUT2D eigenvalue weighted by atomic mass is 32.2. The van der Waals surface area contributed by atoms with Gasteiger partial charge in [-0.05, 0) is 94.5 Å². The van der Waals surface area contributed by atoms with Gasteiger partial charge in [0.15, 0.2) is 0 Å². The molecule has 4 bridgehead atoms. The van der Waals surface area contributed by atoms with Crippen LogP contribution in [0.4, 0.5) is 5.95 Å². The van der Waals surface area contributed by atoms with Gasteiger partial charge in [0.2, 0.25) is 11.8 Å². The summed E-state index contributed by atoms with van der Waals surface area (Å²) in [5, 5.41) is 0. The van der Waals surface area contributed by atoms with Crippen molar-refractivity contribution in [1.29, 1.82) is 0 Å². The van der Waals surface area contributed by atoms with Crippen LogP contribution in [0.3, 0.4) is 0 Å². The quantitative estimate of drug-likeness (QED) is 0.340. The van der Waals surface area contributed by atoms with E-state index in [1.807, 2.05) is 36.9 Å². The Morgan fingerprint density at radius 2 is 1.72 bits per heavy atom. The van der Waals surface area contributed by atoms with Crippen molar-refractivity contribution in [3.63, 3.8) is 0 Å². The standard InChI is InChI=1S/C36H47N5O4S/c1-22(2)14-29-21-45-32-18-31(33-24(4)10-8-11-25(33)5)37-35(38-32)39-46(43,44)30-13-9-12-26(15-30)34(42)41(29)28-16-27(17-28)40-20-23(3)19-36(40,6)7/h8-13,15,18,22-23,27-29H,14,16-17,19-21H2,1-7H3,(H,37,38,39)/t23-,27?,28?,29+/m0/s1. The second kappa shape index (κ2) is 12.3. The van der Waals surface area contributed by atoms with Gasteiger partial charge in [-0.15, -0.1) is 0 Å². The van der Waals surface area contributed by atoms with E-state index in [4.69, 9.17) is 4.74 Å². The molecule has 1 saturated heterocycles. The number of carbonyl (C=O) groups excluding carboxylic acids is 1. The fraction of sp³-hybridized carbons (Fsp3) is 0.528. The number of hydrogen-bond acceptors (Lipinski definition) is 7. The van der Waals surface area contributed by atoms with Crippen LogP contribution in [-0.2, 0) is 10.0 Å². The summed E-state index contributed by atoms with van der Waals surface area (Å²) >= 11 is 0. The van der Waals surface area contributed by atoms with Gasteiger partial charge in [0, 0.05) is 41.4 Å². The van der Waals surface area contributed by atoms with Gasteiger partial charge in [0.05, 0.1) is 16.6 Å². The normalized spacial score (nSPS) is 25.9. The molecule has 1 N–H and O–H groups in total. The van der Waals surface area contributed by atoms with Crippen molar-refractivity contribution in [3.8, 4) is 17.1 Å². The first-order chi connectivity index (χ1) is 21.7. The molecular weight excluding hydrogens is 598 g/mol. The SMILES string of the molecule is Cc1cccc(C)c1-c1cc2nc(n1)NS(=O)(=O)c1cccc(c1)C(=O)N(C1CC(N3C[C@@H](C)CC3(C)C)C1)[C@H](CC(C)C)CO2. The second-order valence-electron chi connectivity index (χ2n) is 14.7. The number of hydrogen-bond donors (Lipinski definition) is 1. The minimum absolute atomic E-state index is 0.0132. The number of aromatic nitrogens is 2. The lowest BCUT2D eigenvalue weighted by Crippen LogP contribution is -2.61. The number of sulfonamides is 1. The van der Waals surface area contributed by atoms with Gasteiger partial charge in [-0.25, -0.2) is 18.1 Å². The summed E-state index contributed by atoms with van der Waals surface area (Å²) in [5.74, 6) is 0.961. The second-order valence-corrected chi connectivity index (χ2v) is 16.4. The molecule has 10 heteroatoms. The Balaban J connectivity index is 1.42. The van der Waals surface area contributed by atoms with Crippen molar-refractivity contribution in [1.82, 2.24) is 19.8 Å². The summed E-state index contributed by atoms with van der Waals surface area (Å²) in [7, 11) is -4.11. The zero-order valence-corrected chi connectivity index (χ0v) is 28.9. The molecule has 1 amide bonds. The molecule has 2 atom stereocenters. The molecule has 3 heterocycles. The Bertz CT molecular complexity index is 1710. The zero-order chi connectivity index (χ0) is 33.0. The van der Waals surface area contributed by atoms with E-state index in [1.54, 1.807) is 18.2 Å².